The van der Waals surface area contributed by atoms with Crippen molar-refractivity contribution in [2.75, 3.05) is 0 Å². The van der Waals surface area contributed by atoms with Gasteiger partial charge in [0.25, 0.3) is 0 Å². The first-order valence-corrected chi connectivity index (χ1v) is 6.57. The van der Waals surface area contributed by atoms with Crippen molar-refractivity contribution in [3.05, 3.63) is 0 Å². The van der Waals surface area contributed by atoms with E-state index in [0.717, 1.165) is 29.6 Å². The zero-order valence-corrected chi connectivity index (χ0v) is 10.5. The molecule has 2 rings (SSSR count). The fourth-order valence-corrected chi connectivity index (χ4v) is 3.33. The van der Waals surface area contributed by atoms with Crippen molar-refractivity contribution in [1.82, 2.24) is 0 Å². The summed E-state index contributed by atoms with van der Waals surface area (Å²) in [4.78, 5) is 0. The standard InChI is InChI=1S/C14H26/c1-6-9(4)7-11-13-12(14(11)13)10(5)8(2)3/h8-14H,6-7H2,1-5H3. The van der Waals surface area contributed by atoms with Crippen molar-refractivity contribution in [3.8, 4) is 0 Å². The van der Waals surface area contributed by atoms with Crippen LogP contribution in [0.3, 0.4) is 0 Å². The van der Waals surface area contributed by atoms with Crippen LogP contribution in [-0.2, 0) is 0 Å². The van der Waals surface area contributed by atoms with Crippen LogP contribution in [-0.4, -0.2) is 0 Å². The quantitative estimate of drug-likeness (QED) is 0.615. The second-order valence-electron chi connectivity index (χ2n) is 6.25. The van der Waals surface area contributed by atoms with Crippen LogP contribution in [0.4, 0.5) is 0 Å². The zero-order valence-electron chi connectivity index (χ0n) is 10.5. The van der Waals surface area contributed by atoms with E-state index < -0.39 is 0 Å². The van der Waals surface area contributed by atoms with Gasteiger partial charge in [0.2, 0.25) is 0 Å². The molecule has 2 aliphatic rings. The van der Waals surface area contributed by atoms with Gasteiger partial charge in [0, 0.05) is 0 Å². The van der Waals surface area contributed by atoms with E-state index in [-0.39, 0.29) is 0 Å². The molecule has 0 heterocycles. The summed E-state index contributed by atoms with van der Waals surface area (Å²) in [6, 6.07) is 0. The Kier molecular flexibility index (Phi) is 2.66. The lowest BCUT2D eigenvalue weighted by Gasteiger charge is -2.22. The lowest BCUT2D eigenvalue weighted by atomic mass is 9.83. The van der Waals surface area contributed by atoms with Gasteiger partial charge in [-0.1, -0.05) is 41.0 Å². The Morgan fingerprint density at radius 3 is 2.00 bits per heavy atom. The van der Waals surface area contributed by atoms with Gasteiger partial charge < -0.3 is 0 Å². The summed E-state index contributed by atoms with van der Waals surface area (Å²) in [6.07, 6.45) is 2.90. The van der Waals surface area contributed by atoms with E-state index in [0.29, 0.717) is 0 Å². The Balaban J connectivity index is 1.69. The molecule has 0 N–H and O–H groups in total. The summed E-state index contributed by atoms with van der Waals surface area (Å²) < 4.78 is 0. The predicted octanol–water partition coefficient (Wildman–Crippen LogP) is 4.21. The molecule has 4 atom stereocenters. The minimum absolute atomic E-state index is 0.900. The van der Waals surface area contributed by atoms with Gasteiger partial charge >= 0.3 is 0 Å². The number of hydrogen-bond acceptors (Lipinski definition) is 0. The third-order valence-electron chi connectivity index (χ3n) is 5.07. The molecule has 0 aliphatic heterocycles. The van der Waals surface area contributed by atoms with E-state index in [2.05, 4.69) is 34.6 Å². The first kappa shape index (κ1) is 10.5. The number of fused-ring (bicyclic) bond motifs is 1. The summed E-state index contributed by atoms with van der Waals surface area (Å²) in [5.74, 6) is 7.47. The Labute approximate surface area is 89.5 Å². The van der Waals surface area contributed by atoms with E-state index >= 15 is 0 Å². The van der Waals surface area contributed by atoms with Crippen molar-refractivity contribution in [2.24, 2.45) is 41.4 Å². The molecular formula is C14H26. The van der Waals surface area contributed by atoms with Crippen LogP contribution < -0.4 is 0 Å². The second-order valence-corrected chi connectivity index (χ2v) is 6.25. The van der Waals surface area contributed by atoms with Crippen molar-refractivity contribution in [2.45, 2.75) is 47.5 Å². The van der Waals surface area contributed by atoms with Gasteiger partial charge in [-0.15, -0.1) is 0 Å². The Hall–Kier alpha value is 0. The van der Waals surface area contributed by atoms with E-state index in [1.807, 2.05) is 0 Å². The van der Waals surface area contributed by atoms with Crippen molar-refractivity contribution < 1.29 is 0 Å². The minimum Gasteiger partial charge on any atom is -0.0651 e. The van der Waals surface area contributed by atoms with Gasteiger partial charge in [-0.05, 0) is 47.8 Å². The van der Waals surface area contributed by atoms with E-state index in [9.17, 15) is 0 Å². The van der Waals surface area contributed by atoms with Crippen LogP contribution in [0.15, 0.2) is 0 Å². The van der Waals surface area contributed by atoms with Gasteiger partial charge in [-0.2, -0.15) is 0 Å². The smallest absolute Gasteiger partial charge is 0.0315 e. The molecule has 0 radical (unpaired) electrons. The normalized spacial score (nSPS) is 43.3. The summed E-state index contributed by atoms with van der Waals surface area (Å²) in [5.41, 5.74) is 0. The highest BCUT2D eigenvalue weighted by atomic mass is 14.8. The maximum Gasteiger partial charge on any atom is -0.0315 e. The summed E-state index contributed by atoms with van der Waals surface area (Å²) in [5, 5.41) is 0. The molecule has 2 saturated carbocycles. The van der Waals surface area contributed by atoms with Gasteiger partial charge in [0.15, 0.2) is 0 Å². The van der Waals surface area contributed by atoms with Crippen molar-refractivity contribution >= 4 is 0 Å². The fourth-order valence-electron chi connectivity index (χ4n) is 3.33. The minimum atomic E-state index is 0.900. The van der Waals surface area contributed by atoms with Gasteiger partial charge in [-0.25, -0.2) is 0 Å². The van der Waals surface area contributed by atoms with Crippen molar-refractivity contribution in [1.29, 1.82) is 0 Å². The monoisotopic (exact) mass is 194 g/mol. The molecule has 0 amide bonds. The van der Waals surface area contributed by atoms with Crippen LogP contribution in [0, 0.1) is 41.4 Å². The molecule has 0 nitrogen and oxygen atoms in total. The third kappa shape index (κ3) is 1.61. The molecule has 14 heavy (non-hydrogen) atoms. The topological polar surface area (TPSA) is 0 Å². The first-order valence-electron chi connectivity index (χ1n) is 6.57. The highest BCUT2D eigenvalue weighted by Crippen LogP contribution is 2.77. The highest BCUT2D eigenvalue weighted by molar-refractivity contribution is 5.20. The van der Waals surface area contributed by atoms with Crippen LogP contribution in [0.5, 0.6) is 0 Å². The number of rotatable bonds is 5. The molecular weight excluding hydrogens is 168 g/mol. The van der Waals surface area contributed by atoms with Crippen molar-refractivity contribution in [3.63, 3.8) is 0 Å². The lowest BCUT2D eigenvalue weighted by Crippen LogP contribution is -2.16. The van der Waals surface area contributed by atoms with Crippen LogP contribution >= 0.6 is 0 Å². The van der Waals surface area contributed by atoms with Gasteiger partial charge in [0.1, 0.15) is 0 Å². The molecule has 4 unspecified atom stereocenters. The van der Waals surface area contributed by atoms with Crippen LogP contribution in [0.1, 0.15) is 47.5 Å². The molecule has 0 heteroatoms. The molecule has 0 aromatic heterocycles. The highest BCUT2D eigenvalue weighted by Gasteiger charge is 2.73. The van der Waals surface area contributed by atoms with Gasteiger partial charge in [-0.3, -0.25) is 0 Å². The average molecular weight is 194 g/mol. The summed E-state index contributed by atoms with van der Waals surface area (Å²) >= 11 is 0. The third-order valence-corrected chi connectivity index (χ3v) is 5.07. The first-order chi connectivity index (χ1) is 6.57. The average Bonchev–Trinajstić information content (AvgIpc) is 3.00. The Bertz CT molecular complexity index is 196. The fraction of sp³-hybridized carbons (Fsp3) is 1.00. The largest absolute Gasteiger partial charge is 0.0651 e. The maximum atomic E-state index is 2.46. The van der Waals surface area contributed by atoms with E-state index in [4.69, 9.17) is 0 Å². The predicted molar refractivity (Wildman–Crippen MR) is 62.0 cm³/mol. The lowest BCUT2D eigenvalue weighted by molar-refractivity contribution is 0.262. The molecule has 0 saturated heterocycles. The zero-order chi connectivity index (χ0) is 10.5. The van der Waals surface area contributed by atoms with Crippen LogP contribution in [0.2, 0.25) is 0 Å². The molecule has 2 aliphatic carbocycles. The molecule has 0 bridgehead atoms. The molecule has 82 valence electrons. The maximum absolute atomic E-state index is 2.46. The van der Waals surface area contributed by atoms with Crippen LogP contribution in [0.25, 0.3) is 0 Å². The molecule has 0 aromatic rings. The second kappa shape index (κ2) is 3.54. The Morgan fingerprint density at radius 2 is 1.57 bits per heavy atom. The van der Waals surface area contributed by atoms with E-state index in [1.54, 1.807) is 0 Å². The van der Waals surface area contributed by atoms with Gasteiger partial charge in [0.05, 0.1) is 0 Å². The number of hydrogen-bond donors (Lipinski definition) is 0. The Morgan fingerprint density at radius 1 is 1.00 bits per heavy atom. The SMILES string of the molecule is CCC(C)CC1C2C(C(C)C(C)C)C12. The summed E-state index contributed by atoms with van der Waals surface area (Å²) in [6.45, 7) is 12.0. The molecule has 0 aromatic carbocycles. The molecule has 2 fully saturated rings. The van der Waals surface area contributed by atoms with E-state index in [1.165, 1.54) is 24.7 Å². The summed E-state index contributed by atoms with van der Waals surface area (Å²) in [7, 11) is 0. The molecule has 0 spiro atoms.